The molecular weight excluding hydrogens is 372 g/mol. The van der Waals surface area contributed by atoms with Gasteiger partial charge in [0.15, 0.2) is 0 Å². The van der Waals surface area contributed by atoms with Crippen LogP contribution in [0.25, 0.3) is 0 Å². The first-order chi connectivity index (χ1) is 14.0. The lowest BCUT2D eigenvalue weighted by molar-refractivity contribution is 0.0860. The van der Waals surface area contributed by atoms with E-state index in [2.05, 4.69) is 9.88 Å². The molecule has 2 heterocycles. The second kappa shape index (κ2) is 12.0. The number of hydrogen-bond acceptors (Lipinski definition) is 6. The molecule has 0 saturated carbocycles. The molecule has 0 fully saturated rings. The maximum absolute atomic E-state index is 12.1. The Labute approximate surface area is 173 Å². The van der Waals surface area contributed by atoms with Crippen LogP contribution < -0.4 is 21.0 Å². The molecule has 166 valence electrons. The third-order valence-corrected chi connectivity index (χ3v) is 5.76. The predicted octanol–water partition coefficient (Wildman–Crippen LogP) is 1.93. The van der Waals surface area contributed by atoms with Crippen molar-refractivity contribution in [2.75, 3.05) is 36.7 Å². The zero-order valence-corrected chi connectivity index (χ0v) is 18.0. The van der Waals surface area contributed by atoms with E-state index in [1.54, 1.807) is 7.05 Å². The Kier molecular flexibility index (Phi) is 9.73. The van der Waals surface area contributed by atoms with Gasteiger partial charge in [0.25, 0.3) is 5.56 Å². The monoisotopic (exact) mass is 410 g/mol. The van der Waals surface area contributed by atoms with E-state index in [0.29, 0.717) is 18.8 Å². The fourth-order valence-electron chi connectivity index (χ4n) is 4.06. The van der Waals surface area contributed by atoms with E-state index in [-0.39, 0.29) is 17.9 Å². The van der Waals surface area contributed by atoms with Gasteiger partial charge in [-0.05, 0) is 12.8 Å². The first kappa shape index (κ1) is 23.5. The molecule has 8 heteroatoms. The highest BCUT2D eigenvalue weighted by Crippen LogP contribution is 2.29. The van der Waals surface area contributed by atoms with Gasteiger partial charge in [0.2, 0.25) is 0 Å². The molecule has 1 aromatic rings. The van der Waals surface area contributed by atoms with Crippen LogP contribution in [0.4, 0.5) is 11.5 Å². The summed E-state index contributed by atoms with van der Waals surface area (Å²) in [7, 11) is 3.59. The predicted molar refractivity (Wildman–Crippen MR) is 117 cm³/mol. The van der Waals surface area contributed by atoms with Gasteiger partial charge >= 0.3 is 5.69 Å². The van der Waals surface area contributed by atoms with Crippen molar-refractivity contribution in [1.82, 2.24) is 9.55 Å². The van der Waals surface area contributed by atoms with Gasteiger partial charge in [-0.15, -0.1) is 0 Å². The SMILES string of the molecule is CN1CN(CCCCCCCCCCCCC(O)CO)c2c1c(=O)[nH]c(=O)n2C. The first-order valence-electron chi connectivity index (χ1n) is 11.0. The molecule has 0 aliphatic carbocycles. The largest absolute Gasteiger partial charge is 0.394 e. The molecule has 1 unspecified atom stereocenters. The highest BCUT2D eigenvalue weighted by atomic mass is 16.3. The Hall–Kier alpha value is -1.80. The van der Waals surface area contributed by atoms with Gasteiger partial charge in [-0.1, -0.05) is 57.8 Å². The molecule has 3 N–H and O–H groups in total. The molecule has 29 heavy (non-hydrogen) atoms. The van der Waals surface area contributed by atoms with Crippen LogP contribution in [-0.4, -0.2) is 52.7 Å². The molecular formula is C21H38N4O4. The van der Waals surface area contributed by atoms with Crippen LogP contribution in [0.1, 0.15) is 70.6 Å². The Morgan fingerprint density at radius 2 is 1.48 bits per heavy atom. The minimum atomic E-state index is -0.546. The standard InChI is InChI=1S/C21H38N4O4/c1-23-16-25(20-18(23)19(28)22-21(29)24(20)2)14-12-10-8-6-4-3-5-7-9-11-13-17(27)15-26/h17,26-27H,3-16H2,1-2H3,(H,22,28,29). The number of aromatic amines is 1. The molecule has 1 aromatic heterocycles. The summed E-state index contributed by atoms with van der Waals surface area (Å²) in [5.41, 5.74) is -0.0886. The lowest BCUT2D eigenvalue weighted by atomic mass is 10.0. The second-order valence-corrected chi connectivity index (χ2v) is 8.25. The summed E-state index contributed by atoms with van der Waals surface area (Å²) in [4.78, 5) is 30.4. The summed E-state index contributed by atoms with van der Waals surface area (Å²) in [6.45, 7) is 1.37. The van der Waals surface area contributed by atoms with Crippen molar-refractivity contribution in [2.24, 2.45) is 7.05 Å². The lowest BCUT2D eigenvalue weighted by Gasteiger charge is -2.20. The molecule has 8 nitrogen and oxygen atoms in total. The zero-order valence-electron chi connectivity index (χ0n) is 18.0. The number of aromatic nitrogens is 2. The Morgan fingerprint density at radius 1 is 0.931 bits per heavy atom. The maximum atomic E-state index is 12.1. The normalized spacial score (nSPS) is 14.5. The highest BCUT2D eigenvalue weighted by Gasteiger charge is 2.28. The van der Waals surface area contributed by atoms with E-state index in [1.807, 2.05) is 11.9 Å². The van der Waals surface area contributed by atoms with Gasteiger partial charge in [-0.2, -0.15) is 0 Å². The van der Waals surface area contributed by atoms with Crippen LogP contribution in [0, 0.1) is 0 Å². The fraction of sp³-hybridized carbons (Fsp3) is 0.810. The highest BCUT2D eigenvalue weighted by molar-refractivity contribution is 5.71. The number of H-pyrrole nitrogens is 1. The number of unbranched alkanes of at least 4 members (excludes halogenated alkanes) is 9. The molecule has 1 atom stereocenters. The third kappa shape index (κ3) is 6.89. The topological polar surface area (TPSA) is 102 Å². The van der Waals surface area contributed by atoms with Gasteiger partial charge in [-0.25, -0.2) is 4.79 Å². The molecule has 0 amide bonds. The van der Waals surface area contributed by atoms with Crippen molar-refractivity contribution >= 4 is 11.5 Å². The number of fused-ring (bicyclic) bond motifs is 1. The van der Waals surface area contributed by atoms with E-state index in [9.17, 15) is 14.7 Å². The zero-order chi connectivity index (χ0) is 21.2. The van der Waals surface area contributed by atoms with Crippen LogP contribution in [0.2, 0.25) is 0 Å². The van der Waals surface area contributed by atoms with E-state index in [0.717, 1.165) is 38.0 Å². The van der Waals surface area contributed by atoms with Crippen LogP contribution in [0.3, 0.4) is 0 Å². The lowest BCUT2D eigenvalue weighted by Crippen LogP contribution is -2.32. The summed E-state index contributed by atoms with van der Waals surface area (Å²) in [6, 6.07) is 0. The van der Waals surface area contributed by atoms with Gasteiger partial charge in [0.1, 0.15) is 11.5 Å². The average Bonchev–Trinajstić information content (AvgIpc) is 3.03. The number of nitrogens with zero attached hydrogens (tertiary/aromatic N) is 3. The van der Waals surface area contributed by atoms with Crippen molar-refractivity contribution in [2.45, 2.75) is 76.7 Å². The van der Waals surface area contributed by atoms with Crippen molar-refractivity contribution < 1.29 is 10.2 Å². The molecule has 0 aromatic carbocycles. The van der Waals surface area contributed by atoms with Crippen LogP contribution in [0.5, 0.6) is 0 Å². The number of nitrogens with one attached hydrogen (secondary N) is 1. The maximum Gasteiger partial charge on any atom is 0.329 e. The van der Waals surface area contributed by atoms with Crippen LogP contribution in [0.15, 0.2) is 9.59 Å². The minimum Gasteiger partial charge on any atom is -0.394 e. The second-order valence-electron chi connectivity index (χ2n) is 8.25. The molecule has 0 bridgehead atoms. The minimum absolute atomic E-state index is 0.128. The van der Waals surface area contributed by atoms with E-state index in [1.165, 1.54) is 43.1 Å². The Morgan fingerprint density at radius 3 is 2.07 bits per heavy atom. The van der Waals surface area contributed by atoms with Gasteiger partial charge in [-0.3, -0.25) is 14.3 Å². The number of aliphatic hydroxyl groups is 2. The average molecular weight is 411 g/mol. The number of rotatable bonds is 14. The van der Waals surface area contributed by atoms with Crippen LogP contribution in [-0.2, 0) is 7.05 Å². The Bertz CT molecular complexity index is 730. The van der Waals surface area contributed by atoms with Crippen molar-refractivity contribution in [3.8, 4) is 0 Å². The number of hydrogen-bond donors (Lipinski definition) is 3. The Balaban J connectivity index is 1.55. The summed E-state index contributed by atoms with van der Waals surface area (Å²) in [6.07, 6.45) is 11.9. The molecule has 2 rings (SSSR count). The van der Waals surface area contributed by atoms with Gasteiger partial charge < -0.3 is 20.0 Å². The number of aliphatic hydroxyl groups excluding tert-OH is 2. The van der Waals surface area contributed by atoms with Crippen LogP contribution >= 0.6 is 0 Å². The molecule has 1 aliphatic rings. The van der Waals surface area contributed by atoms with Crippen molar-refractivity contribution in [3.63, 3.8) is 0 Å². The van der Waals surface area contributed by atoms with Crippen molar-refractivity contribution in [1.29, 1.82) is 0 Å². The van der Waals surface area contributed by atoms with Gasteiger partial charge in [0.05, 0.1) is 19.4 Å². The smallest absolute Gasteiger partial charge is 0.329 e. The molecule has 0 radical (unpaired) electrons. The molecule has 0 spiro atoms. The fourth-order valence-corrected chi connectivity index (χ4v) is 4.06. The first-order valence-corrected chi connectivity index (χ1v) is 11.0. The van der Waals surface area contributed by atoms with E-state index in [4.69, 9.17) is 5.11 Å². The van der Waals surface area contributed by atoms with Crippen molar-refractivity contribution in [3.05, 3.63) is 20.8 Å². The third-order valence-electron chi connectivity index (χ3n) is 5.76. The summed E-state index contributed by atoms with van der Waals surface area (Å²) in [5, 5.41) is 18.0. The summed E-state index contributed by atoms with van der Waals surface area (Å²) in [5.74, 6) is 0.729. The van der Waals surface area contributed by atoms with E-state index < -0.39 is 6.10 Å². The quantitative estimate of drug-likeness (QED) is 0.405. The molecule has 1 aliphatic heterocycles. The van der Waals surface area contributed by atoms with Gasteiger partial charge in [0, 0.05) is 20.6 Å². The van der Waals surface area contributed by atoms with E-state index >= 15 is 0 Å². The molecule has 0 saturated heterocycles. The number of anilines is 2. The summed E-state index contributed by atoms with van der Waals surface area (Å²) >= 11 is 0. The summed E-state index contributed by atoms with van der Waals surface area (Å²) < 4.78 is 1.53.